The summed E-state index contributed by atoms with van der Waals surface area (Å²) in [5, 5.41) is 2.93. The van der Waals surface area contributed by atoms with Gasteiger partial charge in [-0.05, 0) is 37.0 Å². The molecule has 0 saturated carbocycles. The molecule has 1 saturated heterocycles. The molecule has 1 aromatic rings. The van der Waals surface area contributed by atoms with E-state index in [1.807, 2.05) is 0 Å². The van der Waals surface area contributed by atoms with Crippen molar-refractivity contribution in [3.63, 3.8) is 0 Å². The lowest BCUT2D eigenvalue weighted by Gasteiger charge is -2.31. The van der Waals surface area contributed by atoms with Crippen molar-refractivity contribution >= 4 is 11.8 Å². The quantitative estimate of drug-likeness (QED) is 0.925. The Bertz CT molecular complexity index is 555. The summed E-state index contributed by atoms with van der Waals surface area (Å²) in [5.41, 5.74) is 0.598. The third kappa shape index (κ3) is 4.51. The molecule has 0 spiro atoms. The number of benzene rings is 1. The fourth-order valence-corrected chi connectivity index (χ4v) is 2.59. The summed E-state index contributed by atoms with van der Waals surface area (Å²) in [7, 11) is 0. The zero-order chi connectivity index (χ0) is 16.1. The summed E-state index contributed by atoms with van der Waals surface area (Å²) < 4.78 is 25.9. The number of carbonyl (C=O) groups excluding carboxylic acids is 2. The standard InChI is InChI=1S/C16H20F2N2O2/c1-11(21)20-8-6-13(7-9-20)19-16(22)5-3-12-2-4-14(17)15(18)10-12/h2,4,10,13H,3,5-9H2,1H3,(H,19,22). The molecule has 2 amide bonds. The van der Waals surface area contributed by atoms with Gasteiger partial charge in [-0.3, -0.25) is 9.59 Å². The van der Waals surface area contributed by atoms with Crippen molar-refractivity contribution in [1.82, 2.24) is 10.2 Å². The molecule has 1 aromatic carbocycles. The van der Waals surface area contributed by atoms with E-state index in [-0.39, 0.29) is 24.3 Å². The third-order valence-corrected chi connectivity index (χ3v) is 3.93. The van der Waals surface area contributed by atoms with E-state index in [4.69, 9.17) is 0 Å². The summed E-state index contributed by atoms with van der Waals surface area (Å²) in [5.74, 6) is -1.82. The molecule has 120 valence electrons. The molecular formula is C16H20F2N2O2. The SMILES string of the molecule is CC(=O)N1CCC(NC(=O)CCc2ccc(F)c(F)c2)CC1. The Balaban J connectivity index is 1.74. The Labute approximate surface area is 128 Å². The Morgan fingerprint density at radius 2 is 1.91 bits per heavy atom. The first kappa shape index (κ1) is 16.4. The van der Waals surface area contributed by atoms with Crippen molar-refractivity contribution in [2.75, 3.05) is 13.1 Å². The minimum atomic E-state index is -0.894. The molecule has 1 fully saturated rings. The van der Waals surface area contributed by atoms with E-state index >= 15 is 0 Å². The number of carbonyl (C=O) groups is 2. The first-order chi connectivity index (χ1) is 10.5. The Morgan fingerprint density at radius 3 is 2.50 bits per heavy atom. The second-order valence-electron chi connectivity index (χ2n) is 5.60. The maximum atomic E-state index is 13.1. The Morgan fingerprint density at radius 1 is 1.23 bits per heavy atom. The summed E-state index contributed by atoms with van der Waals surface area (Å²) in [4.78, 5) is 24.9. The van der Waals surface area contributed by atoms with Gasteiger partial charge in [0, 0.05) is 32.5 Å². The molecule has 0 radical (unpaired) electrons. The molecule has 1 aliphatic heterocycles. The van der Waals surface area contributed by atoms with Gasteiger partial charge in [0.05, 0.1) is 0 Å². The molecule has 1 N–H and O–H groups in total. The predicted octanol–water partition coefficient (Wildman–Crippen LogP) is 2.02. The molecule has 0 unspecified atom stereocenters. The highest BCUT2D eigenvalue weighted by Gasteiger charge is 2.21. The van der Waals surface area contributed by atoms with E-state index in [1.165, 1.54) is 6.07 Å². The number of likely N-dealkylation sites (tertiary alicyclic amines) is 1. The second kappa shape index (κ2) is 7.33. The highest BCUT2D eigenvalue weighted by atomic mass is 19.2. The van der Waals surface area contributed by atoms with Crippen LogP contribution in [-0.4, -0.2) is 35.8 Å². The summed E-state index contributed by atoms with van der Waals surface area (Å²) in [6.07, 6.45) is 2.10. The molecule has 0 bridgehead atoms. The van der Waals surface area contributed by atoms with Crippen LogP contribution in [0.1, 0.15) is 31.7 Å². The Kier molecular flexibility index (Phi) is 5.46. The van der Waals surface area contributed by atoms with Gasteiger partial charge in [-0.25, -0.2) is 8.78 Å². The predicted molar refractivity (Wildman–Crippen MR) is 78.1 cm³/mol. The number of hydrogen-bond acceptors (Lipinski definition) is 2. The number of halogens is 2. The largest absolute Gasteiger partial charge is 0.353 e. The zero-order valence-corrected chi connectivity index (χ0v) is 12.6. The topological polar surface area (TPSA) is 49.4 Å². The van der Waals surface area contributed by atoms with E-state index in [9.17, 15) is 18.4 Å². The number of amides is 2. The smallest absolute Gasteiger partial charge is 0.220 e. The molecule has 0 aliphatic carbocycles. The molecule has 1 aliphatic rings. The van der Waals surface area contributed by atoms with Gasteiger partial charge < -0.3 is 10.2 Å². The fourth-order valence-electron chi connectivity index (χ4n) is 2.59. The van der Waals surface area contributed by atoms with E-state index in [1.54, 1.807) is 11.8 Å². The van der Waals surface area contributed by atoms with Crippen molar-refractivity contribution in [2.24, 2.45) is 0 Å². The van der Waals surface area contributed by atoms with Crippen LogP contribution in [0.15, 0.2) is 18.2 Å². The summed E-state index contributed by atoms with van der Waals surface area (Å²) in [6, 6.07) is 3.75. The number of piperidine rings is 1. The summed E-state index contributed by atoms with van der Waals surface area (Å²) in [6.45, 7) is 2.85. The van der Waals surface area contributed by atoms with Gasteiger partial charge >= 0.3 is 0 Å². The molecule has 6 heteroatoms. The average Bonchev–Trinajstić information content (AvgIpc) is 2.49. The molecule has 0 atom stereocenters. The normalized spacial score (nSPS) is 15.7. The number of nitrogens with one attached hydrogen (secondary N) is 1. The number of nitrogens with zero attached hydrogens (tertiary/aromatic N) is 1. The van der Waals surface area contributed by atoms with Crippen LogP contribution in [0.3, 0.4) is 0 Å². The van der Waals surface area contributed by atoms with E-state index in [0.717, 1.165) is 25.0 Å². The van der Waals surface area contributed by atoms with Crippen molar-refractivity contribution in [3.8, 4) is 0 Å². The second-order valence-corrected chi connectivity index (χ2v) is 5.60. The lowest BCUT2D eigenvalue weighted by molar-refractivity contribution is -0.130. The van der Waals surface area contributed by atoms with E-state index < -0.39 is 11.6 Å². The van der Waals surface area contributed by atoms with Crippen LogP contribution < -0.4 is 5.32 Å². The maximum absolute atomic E-state index is 13.1. The van der Waals surface area contributed by atoms with Gasteiger partial charge in [-0.1, -0.05) is 6.07 Å². The number of aryl methyl sites for hydroxylation is 1. The maximum Gasteiger partial charge on any atom is 0.220 e. The first-order valence-corrected chi connectivity index (χ1v) is 7.44. The van der Waals surface area contributed by atoms with Crippen molar-refractivity contribution in [1.29, 1.82) is 0 Å². The van der Waals surface area contributed by atoms with Gasteiger partial charge in [-0.15, -0.1) is 0 Å². The summed E-state index contributed by atoms with van der Waals surface area (Å²) >= 11 is 0. The molecule has 2 rings (SSSR count). The minimum absolute atomic E-state index is 0.0584. The van der Waals surface area contributed by atoms with Crippen molar-refractivity contribution in [3.05, 3.63) is 35.4 Å². The van der Waals surface area contributed by atoms with Crippen LogP contribution in [0.25, 0.3) is 0 Å². The monoisotopic (exact) mass is 310 g/mol. The number of rotatable bonds is 4. The van der Waals surface area contributed by atoms with E-state index in [0.29, 0.717) is 25.1 Å². The van der Waals surface area contributed by atoms with Crippen LogP contribution in [0.4, 0.5) is 8.78 Å². The van der Waals surface area contributed by atoms with Gasteiger partial charge in [0.2, 0.25) is 11.8 Å². The van der Waals surface area contributed by atoms with Crippen LogP contribution >= 0.6 is 0 Å². The average molecular weight is 310 g/mol. The van der Waals surface area contributed by atoms with E-state index in [2.05, 4.69) is 5.32 Å². The highest BCUT2D eigenvalue weighted by Crippen LogP contribution is 2.12. The Hall–Kier alpha value is -1.98. The molecule has 0 aromatic heterocycles. The molecular weight excluding hydrogens is 290 g/mol. The van der Waals surface area contributed by atoms with Gasteiger partial charge in [-0.2, -0.15) is 0 Å². The van der Waals surface area contributed by atoms with Crippen LogP contribution in [-0.2, 0) is 16.0 Å². The third-order valence-electron chi connectivity index (χ3n) is 3.93. The lowest BCUT2D eigenvalue weighted by Crippen LogP contribution is -2.46. The lowest BCUT2D eigenvalue weighted by atomic mass is 10.0. The molecule has 1 heterocycles. The molecule has 4 nitrogen and oxygen atoms in total. The van der Waals surface area contributed by atoms with Crippen LogP contribution in [0, 0.1) is 11.6 Å². The van der Waals surface area contributed by atoms with Crippen molar-refractivity contribution in [2.45, 2.75) is 38.6 Å². The van der Waals surface area contributed by atoms with Gasteiger partial charge in [0.25, 0.3) is 0 Å². The van der Waals surface area contributed by atoms with Gasteiger partial charge in [0.15, 0.2) is 11.6 Å². The van der Waals surface area contributed by atoms with Crippen molar-refractivity contribution < 1.29 is 18.4 Å². The minimum Gasteiger partial charge on any atom is -0.353 e. The van der Waals surface area contributed by atoms with Crippen LogP contribution in [0.2, 0.25) is 0 Å². The zero-order valence-electron chi connectivity index (χ0n) is 12.6. The molecule has 22 heavy (non-hydrogen) atoms. The van der Waals surface area contributed by atoms with Crippen LogP contribution in [0.5, 0.6) is 0 Å². The highest BCUT2D eigenvalue weighted by molar-refractivity contribution is 5.76. The van der Waals surface area contributed by atoms with Gasteiger partial charge in [0.1, 0.15) is 0 Å². The fraction of sp³-hybridized carbons (Fsp3) is 0.500. The first-order valence-electron chi connectivity index (χ1n) is 7.44. The number of hydrogen-bond donors (Lipinski definition) is 1.